The van der Waals surface area contributed by atoms with Crippen LogP contribution in [0.25, 0.3) is 0 Å². The van der Waals surface area contributed by atoms with Crippen molar-refractivity contribution >= 4 is 29.4 Å². The Morgan fingerprint density at radius 2 is 2.07 bits per heavy atom. The maximum Gasteiger partial charge on any atom is 0.272 e. The molecule has 1 saturated carbocycles. The zero-order chi connectivity index (χ0) is 20.3. The molecule has 8 atom stereocenters. The molecule has 0 radical (unpaired) electrons. The van der Waals surface area contributed by atoms with Gasteiger partial charge in [0.15, 0.2) is 30.0 Å². The zero-order valence-electron chi connectivity index (χ0n) is 15.4. The fourth-order valence-electron chi connectivity index (χ4n) is 6.54. The molecule has 1 aromatic rings. The molecule has 1 amide bonds. The number of rotatable bonds is 1. The number of aliphatic hydroxyl groups is 1. The predicted molar refractivity (Wildman–Crippen MR) is 105 cm³/mol. The monoisotopic (exact) mass is 419 g/mol. The largest absolute Gasteiger partial charge is 0.370 e. The Morgan fingerprint density at radius 3 is 2.76 bits per heavy atom. The summed E-state index contributed by atoms with van der Waals surface area (Å²) in [6, 6.07) is 3.58. The van der Waals surface area contributed by atoms with Crippen LogP contribution in [0.2, 0.25) is 0 Å². The minimum atomic E-state index is -1.19. The molecule has 6 rings (SSSR count). The average Bonchev–Trinajstić information content (AvgIpc) is 3.42. The number of nitrogens with zero attached hydrogens (tertiary/aromatic N) is 4. The number of aliphatic hydroxyl groups excluding tert-OH is 1. The molecule has 2 fully saturated rings. The van der Waals surface area contributed by atoms with E-state index in [1.54, 1.807) is 11.0 Å². The summed E-state index contributed by atoms with van der Waals surface area (Å²) in [6.07, 6.45) is 0.125. The number of fused-ring (bicyclic) bond motifs is 4. The number of carbonyl (C=O) groups is 1. The summed E-state index contributed by atoms with van der Waals surface area (Å²) in [5, 5.41) is 16.9. The van der Waals surface area contributed by atoms with E-state index in [1.807, 2.05) is 16.8 Å². The third-order valence-corrected chi connectivity index (χ3v) is 8.12. The second-order valence-electron chi connectivity index (χ2n) is 8.44. The van der Waals surface area contributed by atoms with Gasteiger partial charge in [-0.05, 0) is 30.5 Å². The third-order valence-electron chi connectivity index (χ3n) is 7.43. The molecule has 1 saturated heterocycles. The Labute approximate surface area is 170 Å². The van der Waals surface area contributed by atoms with Crippen molar-refractivity contribution in [3.63, 3.8) is 0 Å². The number of halogens is 1. The molecule has 0 bridgehead atoms. The highest BCUT2D eigenvalue weighted by atomic mass is 35.5. The molecule has 1 aliphatic carbocycles. The van der Waals surface area contributed by atoms with Crippen LogP contribution in [-0.2, 0) is 0 Å². The van der Waals surface area contributed by atoms with Gasteiger partial charge in [0.05, 0.1) is 5.38 Å². The predicted octanol–water partition coefficient (Wildman–Crippen LogP) is -2.53. The number of hydrogen-bond donors (Lipinski definition) is 6. The number of carbonyl (C=O) groups excluding carboxylic acids is 1. The van der Waals surface area contributed by atoms with E-state index in [9.17, 15) is 9.90 Å². The van der Waals surface area contributed by atoms with Crippen LogP contribution in [0.15, 0.2) is 28.3 Å². The molecular weight excluding hydrogens is 398 g/mol. The Morgan fingerprint density at radius 1 is 1.31 bits per heavy atom. The Balaban J connectivity index is 1.60. The maximum absolute atomic E-state index is 13.4. The molecule has 11 nitrogen and oxygen atoms in total. The second kappa shape index (κ2) is 5.15. The van der Waals surface area contributed by atoms with E-state index in [-0.39, 0.29) is 35.6 Å². The van der Waals surface area contributed by atoms with Crippen LogP contribution in [0, 0.1) is 17.8 Å². The quantitative estimate of drug-likeness (QED) is 0.272. The lowest BCUT2D eigenvalue weighted by molar-refractivity contribution is -0.0269. The van der Waals surface area contributed by atoms with E-state index < -0.39 is 29.0 Å². The van der Waals surface area contributed by atoms with Crippen molar-refractivity contribution in [2.45, 2.75) is 29.0 Å². The van der Waals surface area contributed by atoms with Crippen LogP contribution >= 0.6 is 11.6 Å². The van der Waals surface area contributed by atoms with E-state index in [1.165, 1.54) is 0 Å². The number of nitrogens with two attached hydrogens (primary N) is 3. The highest BCUT2D eigenvalue weighted by molar-refractivity contribution is 6.22. The number of nitrogens with one attached hydrogen (secondary N) is 2. The Kier molecular flexibility index (Phi) is 3.09. The van der Waals surface area contributed by atoms with Gasteiger partial charge >= 0.3 is 0 Å². The minimum Gasteiger partial charge on any atom is -0.370 e. The van der Waals surface area contributed by atoms with Gasteiger partial charge in [0, 0.05) is 18.7 Å². The van der Waals surface area contributed by atoms with Crippen molar-refractivity contribution in [1.82, 2.24) is 20.1 Å². The number of aromatic nitrogens is 1. The highest BCUT2D eigenvalue weighted by Gasteiger charge is 2.79. The first-order valence-corrected chi connectivity index (χ1v) is 10.0. The van der Waals surface area contributed by atoms with Crippen molar-refractivity contribution < 1.29 is 9.90 Å². The SMILES string of the molecule is NC[C@H]1[C@@H]2CN3C(=O)c4cccn4[C@H]4N=C(N)N[C@]43[C@H]2[C@@]2(NC(N)=N[C@@H]2O)[C@@H]1Cl. The maximum atomic E-state index is 13.4. The standard InChI is InChI=1S/C17H22ClN9O2/c18-10-6(4-19)7-5-27-11(28)8-2-1-3-26(8)12-17(27,25-14(20)22-12)9(7)16(10)13(29)23-15(21)24-16/h1-3,6-7,9-10,12-13,29H,4-5,19H2,(H3,20,22,25)(H3,21,23,24)/t6-,7-,9+,10+,12+,13+,16+,17-/m0/s1. The van der Waals surface area contributed by atoms with Gasteiger partial charge < -0.3 is 42.4 Å². The van der Waals surface area contributed by atoms with Gasteiger partial charge in [0.2, 0.25) is 0 Å². The summed E-state index contributed by atoms with van der Waals surface area (Å²) < 4.78 is 1.83. The summed E-state index contributed by atoms with van der Waals surface area (Å²) in [4.78, 5) is 24.0. The molecule has 5 heterocycles. The summed E-state index contributed by atoms with van der Waals surface area (Å²) in [5.74, 6) is -0.441. The summed E-state index contributed by atoms with van der Waals surface area (Å²) >= 11 is 6.94. The second-order valence-corrected chi connectivity index (χ2v) is 8.91. The molecule has 154 valence electrons. The van der Waals surface area contributed by atoms with E-state index in [0.717, 1.165) is 0 Å². The minimum absolute atomic E-state index is 0.101. The van der Waals surface area contributed by atoms with E-state index in [2.05, 4.69) is 20.6 Å². The van der Waals surface area contributed by atoms with Crippen LogP contribution in [0.3, 0.4) is 0 Å². The van der Waals surface area contributed by atoms with Crippen LogP contribution in [0.1, 0.15) is 16.7 Å². The number of aliphatic imine (C=N–C) groups is 2. The van der Waals surface area contributed by atoms with E-state index in [0.29, 0.717) is 18.8 Å². The number of amides is 1. The molecule has 29 heavy (non-hydrogen) atoms. The fourth-order valence-corrected chi connectivity index (χ4v) is 7.13. The highest BCUT2D eigenvalue weighted by Crippen LogP contribution is 2.63. The van der Waals surface area contributed by atoms with Gasteiger partial charge in [0.1, 0.15) is 11.2 Å². The molecule has 1 aromatic heterocycles. The van der Waals surface area contributed by atoms with Crippen molar-refractivity contribution in [2.24, 2.45) is 44.9 Å². The van der Waals surface area contributed by atoms with Crippen molar-refractivity contribution in [2.75, 3.05) is 13.1 Å². The van der Waals surface area contributed by atoms with Gasteiger partial charge in [-0.25, -0.2) is 9.98 Å². The number of alkyl halides is 1. The normalized spacial score (nSPS) is 46.6. The fraction of sp³-hybridized carbons (Fsp3) is 0.588. The lowest BCUT2D eigenvalue weighted by Crippen LogP contribution is -2.74. The third kappa shape index (κ3) is 1.68. The van der Waals surface area contributed by atoms with Crippen LogP contribution < -0.4 is 27.8 Å². The van der Waals surface area contributed by atoms with Gasteiger partial charge in [-0.2, -0.15) is 0 Å². The molecule has 12 heteroatoms. The zero-order valence-corrected chi connectivity index (χ0v) is 16.1. The first-order valence-electron chi connectivity index (χ1n) is 9.60. The van der Waals surface area contributed by atoms with Crippen molar-refractivity contribution in [1.29, 1.82) is 0 Å². The topological polar surface area (TPSA) is 172 Å². The first kappa shape index (κ1) is 17.4. The van der Waals surface area contributed by atoms with Crippen molar-refractivity contribution in [3.05, 3.63) is 24.0 Å². The molecule has 9 N–H and O–H groups in total. The van der Waals surface area contributed by atoms with Gasteiger partial charge in [0.25, 0.3) is 5.91 Å². The molecule has 5 aliphatic rings. The lowest BCUT2D eigenvalue weighted by Gasteiger charge is -2.51. The van der Waals surface area contributed by atoms with Crippen LogP contribution in [0.5, 0.6) is 0 Å². The average molecular weight is 420 g/mol. The summed E-state index contributed by atoms with van der Waals surface area (Å²) in [7, 11) is 0. The molecule has 2 spiro atoms. The van der Waals surface area contributed by atoms with Gasteiger partial charge in [-0.1, -0.05) is 0 Å². The van der Waals surface area contributed by atoms with E-state index in [4.69, 9.17) is 28.8 Å². The van der Waals surface area contributed by atoms with Crippen LogP contribution in [-0.4, -0.2) is 68.3 Å². The van der Waals surface area contributed by atoms with Crippen LogP contribution in [0.4, 0.5) is 0 Å². The van der Waals surface area contributed by atoms with Gasteiger partial charge in [-0.3, -0.25) is 4.79 Å². The summed E-state index contributed by atoms with van der Waals surface area (Å²) in [5.41, 5.74) is 16.6. The Hall–Kier alpha value is -2.50. The van der Waals surface area contributed by atoms with E-state index >= 15 is 0 Å². The molecule has 0 aromatic carbocycles. The molecule has 0 unspecified atom stereocenters. The molecular formula is C17H22ClN9O2. The number of guanidine groups is 2. The lowest BCUT2D eigenvalue weighted by atomic mass is 9.73. The molecule has 4 aliphatic heterocycles. The smallest absolute Gasteiger partial charge is 0.272 e. The van der Waals surface area contributed by atoms with Gasteiger partial charge in [-0.15, -0.1) is 11.6 Å². The first-order chi connectivity index (χ1) is 13.9. The summed E-state index contributed by atoms with van der Waals surface area (Å²) in [6.45, 7) is 0.721. The van der Waals surface area contributed by atoms with Crippen molar-refractivity contribution in [3.8, 4) is 0 Å². The Bertz CT molecular complexity index is 993. The number of hydrogen-bond acceptors (Lipinski definition) is 9.